The normalized spacial score (nSPS) is 30.0. The van der Waals surface area contributed by atoms with E-state index in [0.29, 0.717) is 5.54 Å². The lowest BCUT2D eigenvalue weighted by atomic mass is 9.86. The summed E-state index contributed by atoms with van der Waals surface area (Å²) >= 11 is 0. The Morgan fingerprint density at radius 3 is 2.35 bits per heavy atom. The molecule has 118 valence electrons. The number of nitrogens with zero attached hydrogens (tertiary/aromatic N) is 1. The Hall–Kier alpha value is -0.0800. The first kappa shape index (κ1) is 16.3. The van der Waals surface area contributed by atoms with Gasteiger partial charge >= 0.3 is 0 Å². The van der Waals surface area contributed by atoms with Crippen LogP contribution in [0.2, 0.25) is 0 Å². The fourth-order valence-corrected chi connectivity index (χ4v) is 4.33. The van der Waals surface area contributed by atoms with Crippen LogP contribution < -0.4 is 5.32 Å². The lowest BCUT2D eigenvalue weighted by Gasteiger charge is -2.50. The van der Waals surface area contributed by atoms with Crippen LogP contribution in [0.1, 0.15) is 73.1 Å². The van der Waals surface area contributed by atoms with Crippen molar-refractivity contribution in [3.63, 3.8) is 0 Å². The Balaban J connectivity index is 2.06. The number of rotatable bonds is 5. The van der Waals surface area contributed by atoms with Gasteiger partial charge < -0.3 is 5.32 Å². The molecule has 0 bridgehead atoms. The van der Waals surface area contributed by atoms with E-state index in [1.165, 1.54) is 51.6 Å². The van der Waals surface area contributed by atoms with Gasteiger partial charge in [-0.15, -0.1) is 0 Å². The summed E-state index contributed by atoms with van der Waals surface area (Å²) in [5, 5.41) is 3.94. The summed E-state index contributed by atoms with van der Waals surface area (Å²) in [6.07, 6.45) is 8.30. The molecule has 3 unspecified atom stereocenters. The van der Waals surface area contributed by atoms with Gasteiger partial charge in [0, 0.05) is 30.7 Å². The Bertz CT molecular complexity index is 294. The van der Waals surface area contributed by atoms with Crippen LogP contribution in [-0.2, 0) is 0 Å². The zero-order chi connectivity index (χ0) is 14.8. The van der Waals surface area contributed by atoms with E-state index in [4.69, 9.17) is 0 Å². The van der Waals surface area contributed by atoms with Gasteiger partial charge in [0.2, 0.25) is 0 Å². The van der Waals surface area contributed by atoms with Crippen LogP contribution in [0, 0.1) is 11.8 Å². The van der Waals surface area contributed by atoms with Crippen molar-refractivity contribution >= 4 is 0 Å². The number of hydrogen-bond donors (Lipinski definition) is 1. The van der Waals surface area contributed by atoms with E-state index in [2.05, 4.69) is 44.8 Å². The maximum Gasteiger partial charge on any atom is 0.0309 e. The minimum absolute atomic E-state index is 0.453. The second-order valence-corrected chi connectivity index (χ2v) is 7.95. The van der Waals surface area contributed by atoms with Gasteiger partial charge in [-0.1, -0.05) is 47.0 Å². The summed E-state index contributed by atoms with van der Waals surface area (Å²) in [4.78, 5) is 2.86. The van der Waals surface area contributed by atoms with E-state index >= 15 is 0 Å². The predicted molar refractivity (Wildman–Crippen MR) is 88.1 cm³/mol. The van der Waals surface area contributed by atoms with Crippen LogP contribution in [0.3, 0.4) is 0 Å². The van der Waals surface area contributed by atoms with E-state index in [1.54, 1.807) is 0 Å². The van der Waals surface area contributed by atoms with Gasteiger partial charge in [0.05, 0.1) is 0 Å². The zero-order valence-electron chi connectivity index (χ0n) is 14.4. The van der Waals surface area contributed by atoms with Crippen molar-refractivity contribution in [2.24, 2.45) is 11.8 Å². The average Bonchev–Trinajstić information content (AvgIpc) is 2.86. The van der Waals surface area contributed by atoms with Crippen molar-refractivity contribution in [1.82, 2.24) is 10.2 Å². The second kappa shape index (κ2) is 6.79. The van der Waals surface area contributed by atoms with Crippen LogP contribution in [0.25, 0.3) is 0 Å². The molecule has 3 atom stereocenters. The molecule has 2 nitrogen and oxygen atoms in total. The number of piperazine rings is 1. The fourth-order valence-electron chi connectivity index (χ4n) is 4.33. The minimum atomic E-state index is 0.453. The molecule has 1 saturated carbocycles. The summed E-state index contributed by atoms with van der Waals surface area (Å²) in [6, 6.07) is 1.46. The van der Waals surface area contributed by atoms with Crippen LogP contribution in [0.15, 0.2) is 0 Å². The Morgan fingerprint density at radius 2 is 1.80 bits per heavy atom. The molecule has 1 saturated heterocycles. The second-order valence-electron chi connectivity index (χ2n) is 7.95. The predicted octanol–water partition coefficient (Wildman–Crippen LogP) is 4.05. The Labute approximate surface area is 126 Å². The van der Waals surface area contributed by atoms with Crippen LogP contribution in [0.5, 0.6) is 0 Å². The summed E-state index contributed by atoms with van der Waals surface area (Å²) in [5.74, 6) is 1.60. The smallest absolute Gasteiger partial charge is 0.0309 e. The van der Waals surface area contributed by atoms with Gasteiger partial charge in [-0.2, -0.15) is 0 Å². The molecule has 1 aliphatic carbocycles. The zero-order valence-corrected chi connectivity index (χ0v) is 14.4. The van der Waals surface area contributed by atoms with Crippen molar-refractivity contribution in [1.29, 1.82) is 0 Å². The van der Waals surface area contributed by atoms with E-state index in [0.717, 1.165) is 23.9 Å². The first-order chi connectivity index (χ1) is 9.47. The first-order valence-electron chi connectivity index (χ1n) is 8.98. The highest BCUT2D eigenvalue weighted by Gasteiger charge is 2.43. The highest BCUT2D eigenvalue weighted by atomic mass is 15.3. The van der Waals surface area contributed by atoms with Gasteiger partial charge in [-0.05, 0) is 38.0 Å². The molecule has 1 aliphatic heterocycles. The minimum Gasteiger partial charge on any atom is -0.308 e. The standard InChI is InChI=1S/C18H36N2/c1-6-15(4)11-16(5)20-13-18(9-7-8-10-18)19-12-17(20)14(2)3/h14-17,19H,6-13H2,1-5H3. The first-order valence-corrected chi connectivity index (χ1v) is 8.98. The van der Waals surface area contributed by atoms with Crippen molar-refractivity contribution < 1.29 is 0 Å². The van der Waals surface area contributed by atoms with Gasteiger partial charge in [0.15, 0.2) is 0 Å². The summed E-state index contributed by atoms with van der Waals surface area (Å²) in [6.45, 7) is 14.5. The van der Waals surface area contributed by atoms with Crippen molar-refractivity contribution in [3.8, 4) is 0 Å². The molecule has 0 aromatic heterocycles. The molecule has 20 heavy (non-hydrogen) atoms. The fraction of sp³-hybridized carbons (Fsp3) is 1.00. The van der Waals surface area contributed by atoms with Gasteiger partial charge in [0.1, 0.15) is 0 Å². The Morgan fingerprint density at radius 1 is 1.15 bits per heavy atom. The molecule has 0 aromatic rings. The molecule has 0 aromatic carbocycles. The lowest BCUT2D eigenvalue weighted by Crippen LogP contribution is -2.66. The summed E-state index contributed by atoms with van der Waals surface area (Å²) in [5.41, 5.74) is 0.453. The van der Waals surface area contributed by atoms with E-state index in [9.17, 15) is 0 Å². The quantitative estimate of drug-likeness (QED) is 0.817. The third-order valence-corrected chi connectivity index (χ3v) is 5.93. The molecule has 1 heterocycles. The van der Waals surface area contributed by atoms with Crippen molar-refractivity contribution in [2.45, 2.75) is 90.8 Å². The monoisotopic (exact) mass is 280 g/mol. The Kier molecular flexibility index (Phi) is 5.53. The van der Waals surface area contributed by atoms with Crippen molar-refractivity contribution in [3.05, 3.63) is 0 Å². The molecule has 2 rings (SSSR count). The molecule has 1 spiro atoms. The maximum atomic E-state index is 3.94. The molecule has 2 aliphatic rings. The van der Waals surface area contributed by atoms with Crippen LogP contribution in [0.4, 0.5) is 0 Å². The SMILES string of the molecule is CCC(C)CC(C)N1CC2(CCCC2)NCC1C(C)C. The summed E-state index contributed by atoms with van der Waals surface area (Å²) in [7, 11) is 0. The summed E-state index contributed by atoms with van der Waals surface area (Å²) < 4.78 is 0. The molecule has 1 N–H and O–H groups in total. The van der Waals surface area contributed by atoms with Crippen LogP contribution >= 0.6 is 0 Å². The molecule has 0 amide bonds. The molecule has 2 heteroatoms. The number of nitrogens with one attached hydrogen (secondary N) is 1. The van der Waals surface area contributed by atoms with E-state index < -0.39 is 0 Å². The number of hydrogen-bond acceptors (Lipinski definition) is 2. The third kappa shape index (κ3) is 3.57. The van der Waals surface area contributed by atoms with Crippen LogP contribution in [-0.4, -0.2) is 35.6 Å². The molecule has 2 fully saturated rings. The maximum absolute atomic E-state index is 3.94. The van der Waals surface area contributed by atoms with Gasteiger partial charge in [-0.25, -0.2) is 0 Å². The topological polar surface area (TPSA) is 15.3 Å². The molecule has 0 radical (unpaired) electrons. The van der Waals surface area contributed by atoms with Gasteiger partial charge in [-0.3, -0.25) is 4.90 Å². The molecular formula is C18H36N2. The highest BCUT2D eigenvalue weighted by Crippen LogP contribution is 2.35. The highest BCUT2D eigenvalue weighted by molar-refractivity contribution is 5.02. The third-order valence-electron chi connectivity index (χ3n) is 5.93. The van der Waals surface area contributed by atoms with E-state index in [1.807, 2.05) is 0 Å². The van der Waals surface area contributed by atoms with Crippen molar-refractivity contribution in [2.75, 3.05) is 13.1 Å². The van der Waals surface area contributed by atoms with E-state index in [-0.39, 0.29) is 0 Å². The largest absolute Gasteiger partial charge is 0.308 e. The lowest BCUT2D eigenvalue weighted by molar-refractivity contribution is 0.0202. The molecular weight excluding hydrogens is 244 g/mol. The average molecular weight is 280 g/mol. The van der Waals surface area contributed by atoms with Gasteiger partial charge in [0.25, 0.3) is 0 Å².